The number of hydrogen-bond donors (Lipinski definition) is 1. The zero-order valence-electron chi connectivity index (χ0n) is 17.3. The Hall–Kier alpha value is -2.58. The number of nitrogens with zero attached hydrogens (tertiary/aromatic N) is 4. The van der Waals surface area contributed by atoms with E-state index in [9.17, 15) is 9.18 Å². The van der Waals surface area contributed by atoms with E-state index in [2.05, 4.69) is 27.2 Å². The third-order valence-corrected chi connectivity index (χ3v) is 6.36. The number of aromatic nitrogens is 3. The molecule has 0 bridgehead atoms. The molecule has 0 spiro atoms. The lowest BCUT2D eigenvalue weighted by Gasteiger charge is -2.29. The number of hydrogen-bond acceptors (Lipinski definition) is 5. The van der Waals surface area contributed by atoms with Gasteiger partial charge < -0.3 is 0 Å². The van der Waals surface area contributed by atoms with E-state index in [4.69, 9.17) is 0 Å². The minimum Gasteiger partial charge on any atom is -0.298 e. The van der Waals surface area contributed by atoms with Crippen LogP contribution in [0.2, 0.25) is 0 Å². The Morgan fingerprint density at radius 3 is 2.70 bits per heavy atom. The maximum Gasteiger partial charge on any atom is 0.260 e. The van der Waals surface area contributed by atoms with Crippen molar-refractivity contribution in [1.29, 1.82) is 0 Å². The Bertz CT molecular complexity index is 1000. The third-order valence-electron chi connectivity index (χ3n) is 5.55. The fraction of sp³-hybridized carbons (Fsp3) is 0.409. The van der Waals surface area contributed by atoms with E-state index in [1.54, 1.807) is 23.0 Å². The van der Waals surface area contributed by atoms with Crippen LogP contribution in [0.5, 0.6) is 0 Å². The Balaban J connectivity index is 1.44. The van der Waals surface area contributed by atoms with Crippen LogP contribution in [-0.4, -0.2) is 38.7 Å². The molecule has 1 fully saturated rings. The van der Waals surface area contributed by atoms with Crippen LogP contribution in [0.3, 0.4) is 0 Å². The molecule has 1 aliphatic heterocycles. The molecule has 1 aromatic carbocycles. The average Bonchev–Trinajstić information content (AvgIpc) is 3.37. The van der Waals surface area contributed by atoms with Crippen molar-refractivity contribution in [1.82, 2.24) is 19.7 Å². The molecule has 0 aliphatic carbocycles. The van der Waals surface area contributed by atoms with Gasteiger partial charge in [0.15, 0.2) is 5.13 Å². The second-order valence-electron chi connectivity index (χ2n) is 7.80. The first kappa shape index (κ1) is 20.7. The van der Waals surface area contributed by atoms with Crippen LogP contribution in [0, 0.1) is 11.7 Å². The van der Waals surface area contributed by atoms with Crippen LogP contribution >= 0.6 is 11.3 Å². The Morgan fingerprint density at radius 1 is 1.27 bits per heavy atom. The molecule has 0 unspecified atom stereocenters. The Labute approximate surface area is 179 Å². The molecule has 4 rings (SSSR count). The van der Waals surface area contributed by atoms with Crippen molar-refractivity contribution in [2.75, 3.05) is 18.4 Å². The lowest BCUT2D eigenvalue weighted by Crippen LogP contribution is -2.32. The molecule has 1 amide bonds. The van der Waals surface area contributed by atoms with Crippen molar-refractivity contribution in [3.63, 3.8) is 0 Å². The van der Waals surface area contributed by atoms with Gasteiger partial charge in [-0.2, -0.15) is 5.10 Å². The summed E-state index contributed by atoms with van der Waals surface area (Å²) < 4.78 is 14.9. The molecule has 1 aliphatic rings. The number of nitrogens with one attached hydrogen (secondary N) is 1. The highest BCUT2D eigenvalue weighted by Gasteiger charge is 2.20. The van der Waals surface area contributed by atoms with Gasteiger partial charge in [0, 0.05) is 11.9 Å². The molecule has 158 valence electrons. The van der Waals surface area contributed by atoms with E-state index in [-0.39, 0.29) is 11.7 Å². The second-order valence-corrected chi connectivity index (χ2v) is 8.66. The number of carbonyl (C=O) groups excluding carboxylic acids is 1. The van der Waals surface area contributed by atoms with Crippen LogP contribution in [0.1, 0.15) is 48.4 Å². The molecule has 1 saturated heterocycles. The quantitative estimate of drug-likeness (QED) is 0.629. The van der Waals surface area contributed by atoms with Crippen molar-refractivity contribution >= 4 is 22.4 Å². The van der Waals surface area contributed by atoms with Gasteiger partial charge in [-0.05, 0) is 62.5 Å². The molecule has 2 aromatic heterocycles. The largest absolute Gasteiger partial charge is 0.298 e. The fourth-order valence-corrected chi connectivity index (χ4v) is 4.46. The van der Waals surface area contributed by atoms with Gasteiger partial charge in [0.25, 0.3) is 5.91 Å². The summed E-state index contributed by atoms with van der Waals surface area (Å²) in [5, 5.41) is 9.86. The summed E-state index contributed by atoms with van der Waals surface area (Å²) in [4.78, 5) is 19.9. The van der Waals surface area contributed by atoms with Gasteiger partial charge in [0.05, 0.1) is 28.8 Å². The SMILES string of the molecule is CCc1c(C(=O)Nc2nc(CN3CCC(C)CC3)cs2)cnn1-c1ccc(F)cc1. The summed E-state index contributed by atoms with van der Waals surface area (Å²) in [5.41, 5.74) is 2.99. The molecule has 1 N–H and O–H groups in total. The van der Waals surface area contributed by atoms with Gasteiger partial charge >= 0.3 is 0 Å². The molecule has 30 heavy (non-hydrogen) atoms. The van der Waals surface area contributed by atoms with Crippen LogP contribution in [0.25, 0.3) is 5.69 Å². The number of halogens is 1. The summed E-state index contributed by atoms with van der Waals surface area (Å²) in [6, 6.07) is 6.07. The molecule has 3 heterocycles. The van der Waals surface area contributed by atoms with Crippen LogP contribution in [0.4, 0.5) is 9.52 Å². The fourth-order valence-electron chi connectivity index (χ4n) is 3.76. The highest BCUT2D eigenvalue weighted by Crippen LogP contribution is 2.22. The third kappa shape index (κ3) is 4.60. The number of carbonyl (C=O) groups is 1. The second kappa shape index (κ2) is 9.06. The topological polar surface area (TPSA) is 63.1 Å². The number of anilines is 1. The van der Waals surface area contributed by atoms with Crippen LogP contribution in [0.15, 0.2) is 35.8 Å². The van der Waals surface area contributed by atoms with Crippen molar-refractivity contribution in [2.24, 2.45) is 5.92 Å². The van der Waals surface area contributed by atoms with Gasteiger partial charge in [-0.1, -0.05) is 13.8 Å². The molecule has 0 saturated carbocycles. The maximum atomic E-state index is 13.2. The van der Waals surface area contributed by atoms with Crippen molar-refractivity contribution < 1.29 is 9.18 Å². The van der Waals surface area contributed by atoms with E-state index in [0.717, 1.165) is 42.6 Å². The van der Waals surface area contributed by atoms with E-state index in [1.807, 2.05) is 12.3 Å². The first-order valence-electron chi connectivity index (χ1n) is 10.3. The highest BCUT2D eigenvalue weighted by atomic mass is 32.1. The predicted molar refractivity (Wildman–Crippen MR) is 117 cm³/mol. The van der Waals surface area contributed by atoms with E-state index >= 15 is 0 Å². The predicted octanol–water partition coefficient (Wildman–Crippen LogP) is 4.51. The Kier molecular flexibility index (Phi) is 6.24. The van der Waals surface area contributed by atoms with Crippen molar-refractivity contribution in [3.05, 3.63) is 58.6 Å². The highest BCUT2D eigenvalue weighted by molar-refractivity contribution is 7.14. The molecular weight excluding hydrogens is 401 g/mol. The smallest absolute Gasteiger partial charge is 0.260 e. The van der Waals surface area contributed by atoms with E-state index < -0.39 is 0 Å². The van der Waals surface area contributed by atoms with E-state index in [1.165, 1.54) is 36.3 Å². The van der Waals surface area contributed by atoms with Gasteiger partial charge in [0.1, 0.15) is 5.82 Å². The standard InChI is InChI=1S/C22H26FN5OS/c1-3-20-19(12-24-28(20)18-6-4-16(23)5-7-18)21(29)26-22-25-17(14-30-22)13-27-10-8-15(2)9-11-27/h4-7,12,14-15H,3,8-11,13H2,1-2H3,(H,25,26,29). The summed E-state index contributed by atoms with van der Waals surface area (Å²) >= 11 is 1.44. The first-order chi connectivity index (χ1) is 14.5. The number of benzene rings is 1. The van der Waals surface area contributed by atoms with Gasteiger partial charge in [0.2, 0.25) is 0 Å². The normalized spacial score (nSPS) is 15.4. The number of piperidine rings is 1. The summed E-state index contributed by atoms with van der Waals surface area (Å²) in [7, 11) is 0. The summed E-state index contributed by atoms with van der Waals surface area (Å²) in [6.07, 6.45) is 4.63. The summed E-state index contributed by atoms with van der Waals surface area (Å²) in [5.74, 6) is 0.267. The first-order valence-corrected chi connectivity index (χ1v) is 11.2. The van der Waals surface area contributed by atoms with E-state index in [0.29, 0.717) is 17.1 Å². The molecule has 8 heteroatoms. The van der Waals surface area contributed by atoms with Crippen LogP contribution in [-0.2, 0) is 13.0 Å². The molecule has 3 aromatic rings. The molecular formula is C22H26FN5OS. The van der Waals surface area contributed by atoms with Gasteiger partial charge in [-0.25, -0.2) is 14.1 Å². The lowest BCUT2D eigenvalue weighted by molar-refractivity contribution is 0.102. The van der Waals surface area contributed by atoms with Crippen molar-refractivity contribution in [2.45, 2.75) is 39.7 Å². The zero-order valence-corrected chi connectivity index (χ0v) is 18.1. The molecule has 6 nitrogen and oxygen atoms in total. The Morgan fingerprint density at radius 2 is 2.00 bits per heavy atom. The number of likely N-dealkylation sites (tertiary alicyclic amines) is 1. The minimum absolute atomic E-state index is 0.229. The average molecular weight is 428 g/mol. The van der Waals surface area contributed by atoms with Gasteiger partial charge in [-0.3, -0.25) is 15.0 Å². The summed E-state index contributed by atoms with van der Waals surface area (Å²) in [6.45, 7) is 7.29. The number of amides is 1. The van der Waals surface area contributed by atoms with Gasteiger partial charge in [-0.15, -0.1) is 11.3 Å². The molecule has 0 atom stereocenters. The number of rotatable bonds is 6. The zero-order chi connectivity index (χ0) is 21.1. The number of thiazole rings is 1. The van der Waals surface area contributed by atoms with Crippen molar-refractivity contribution in [3.8, 4) is 5.69 Å². The molecule has 0 radical (unpaired) electrons. The van der Waals surface area contributed by atoms with Crippen LogP contribution < -0.4 is 5.32 Å². The maximum absolute atomic E-state index is 13.2. The minimum atomic E-state index is -0.305. The monoisotopic (exact) mass is 427 g/mol. The lowest BCUT2D eigenvalue weighted by atomic mass is 9.99.